The molecule has 0 saturated heterocycles. The lowest BCUT2D eigenvalue weighted by molar-refractivity contribution is 0.132. The molecule has 1 aromatic carbocycles. The van der Waals surface area contributed by atoms with Crippen LogP contribution in [-0.4, -0.2) is 26.9 Å². The number of hydrogen-bond acceptors (Lipinski definition) is 3. The molecule has 0 spiro atoms. The first-order valence-electron chi connectivity index (χ1n) is 6.39. The van der Waals surface area contributed by atoms with Gasteiger partial charge < -0.3 is 14.8 Å². The molecular formula is C14H22ClNO2. The van der Waals surface area contributed by atoms with Crippen LogP contribution in [0.25, 0.3) is 0 Å². The molecule has 1 aromatic rings. The van der Waals surface area contributed by atoms with Gasteiger partial charge in [0.15, 0.2) is 0 Å². The van der Waals surface area contributed by atoms with Crippen LogP contribution in [0.4, 0.5) is 0 Å². The molecule has 0 aliphatic heterocycles. The van der Waals surface area contributed by atoms with Crippen molar-refractivity contribution in [2.24, 2.45) is 0 Å². The molecule has 4 heteroatoms. The molecule has 0 radical (unpaired) electrons. The molecule has 0 aliphatic rings. The average Bonchev–Trinajstić information content (AvgIpc) is 2.39. The van der Waals surface area contributed by atoms with Crippen molar-refractivity contribution >= 4 is 11.6 Å². The summed E-state index contributed by atoms with van der Waals surface area (Å²) in [6.07, 6.45) is 2.08. The van der Waals surface area contributed by atoms with Gasteiger partial charge in [0.2, 0.25) is 0 Å². The molecule has 3 nitrogen and oxygen atoms in total. The molecule has 0 aliphatic carbocycles. The summed E-state index contributed by atoms with van der Waals surface area (Å²) in [6.45, 7) is 5.40. The fraction of sp³-hybridized carbons (Fsp3) is 0.571. The van der Waals surface area contributed by atoms with Crippen molar-refractivity contribution < 1.29 is 9.47 Å². The van der Waals surface area contributed by atoms with Gasteiger partial charge in [-0.05, 0) is 31.5 Å². The molecule has 0 heterocycles. The van der Waals surface area contributed by atoms with Crippen LogP contribution in [0, 0.1) is 0 Å². The number of rotatable bonds is 9. The van der Waals surface area contributed by atoms with Crippen molar-refractivity contribution in [2.45, 2.75) is 26.3 Å². The standard InChI is InChI=1S/C14H22ClNO2/c1-3-9-18-10-5-8-16-11-12-13(15)6-4-7-14(12)17-2/h4,6-7,16H,3,5,8-11H2,1-2H3. The van der Waals surface area contributed by atoms with E-state index in [1.165, 1.54) is 0 Å². The van der Waals surface area contributed by atoms with Gasteiger partial charge in [0.1, 0.15) is 5.75 Å². The van der Waals surface area contributed by atoms with Crippen molar-refractivity contribution in [3.8, 4) is 5.75 Å². The zero-order valence-electron chi connectivity index (χ0n) is 11.2. The van der Waals surface area contributed by atoms with Crippen molar-refractivity contribution in [3.05, 3.63) is 28.8 Å². The first-order valence-corrected chi connectivity index (χ1v) is 6.77. The minimum absolute atomic E-state index is 0.719. The topological polar surface area (TPSA) is 30.5 Å². The minimum atomic E-state index is 0.719. The Balaban J connectivity index is 2.26. The second-order valence-electron chi connectivity index (χ2n) is 4.06. The summed E-state index contributed by atoms with van der Waals surface area (Å²) >= 11 is 6.14. The lowest BCUT2D eigenvalue weighted by atomic mass is 10.2. The van der Waals surface area contributed by atoms with E-state index in [1.54, 1.807) is 7.11 Å². The van der Waals surface area contributed by atoms with Crippen LogP contribution in [-0.2, 0) is 11.3 Å². The Morgan fingerprint density at radius 3 is 2.83 bits per heavy atom. The molecule has 0 saturated carbocycles. The highest BCUT2D eigenvalue weighted by molar-refractivity contribution is 6.31. The lowest BCUT2D eigenvalue weighted by Crippen LogP contribution is -2.17. The van der Waals surface area contributed by atoms with Crippen molar-refractivity contribution in [1.82, 2.24) is 5.32 Å². The van der Waals surface area contributed by atoms with E-state index in [4.69, 9.17) is 21.1 Å². The summed E-state index contributed by atoms with van der Waals surface area (Å²) in [5.41, 5.74) is 1.01. The SMILES string of the molecule is CCCOCCCNCc1c(Cl)cccc1OC. The largest absolute Gasteiger partial charge is 0.496 e. The van der Waals surface area contributed by atoms with E-state index in [9.17, 15) is 0 Å². The zero-order valence-corrected chi connectivity index (χ0v) is 11.9. The highest BCUT2D eigenvalue weighted by atomic mass is 35.5. The second kappa shape index (κ2) is 9.20. The molecule has 0 unspecified atom stereocenters. The van der Waals surface area contributed by atoms with Gasteiger partial charge >= 0.3 is 0 Å². The highest BCUT2D eigenvalue weighted by Gasteiger charge is 2.06. The highest BCUT2D eigenvalue weighted by Crippen LogP contribution is 2.25. The number of methoxy groups -OCH3 is 1. The van der Waals surface area contributed by atoms with E-state index in [1.807, 2.05) is 18.2 Å². The number of nitrogens with one attached hydrogen (secondary N) is 1. The van der Waals surface area contributed by atoms with Crippen molar-refractivity contribution in [2.75, 3.05) is 26.9 Å². The van der Waals surface area contributed by atoms with Gasteiger partial charge in [-0.1, -0.05) is 24.6 Å². The number of halogens is 1. The predicted octanol–water partition coefficient (Wildman–Crippen LogP) is 3.25. The van der Waals surface area contributed by atoms with Crippen molar-refractivity contribution in [1.29, 1.82) is 0 Å². The van der Waals surface area contributed by atoms with Crippen LogP contribution in [0.15, 0.2) is 18.2 Å². The third-order valence-electron chi connectivity index (χ3n) is 2.59. The lowest BCUT2D eigenvalue weighted by Gasteiger charge is -2.11. The monoisotopic (exact) mass is 271 g/mol. The van der Waals surface area contributed by atoms with Crippen LogP contribution < -0.4 is 10.1 Å². The van der Waals surface area contributed by atoms with Gasteiger partial charge in [0.05, 0.1) is 7.11 Å². The van der Waals surface area contributed by atoms with Crippen LogP contribution in [0.5, 0.6) is 5.75 Å². The number of benzene rings is 1. The van der Waals surface area contributed by atoms with Gasteiger partial charge in [-0.15, -0.1) is 0 Å². The van der Waals surface area contributed by atoms with E-state index in [0.29, 0.717) is 0 Å². The van der Waals surface area contributed by atoms with E-state index in [-0.39, 0.29) is 0 Å². The normalized spacial score (nSPS) is 10.6. The smallest absolute Gasteiger partial charge is 0.124 e. The fourth-order valence-corrected chi connectivity index (χ4v) is 1.89. The van der Waals surface area contributed by atoms with E-state index >= 15 is 0 Å². The molecule has 1 rings (SSSR count). The maximum Gasteiger partial charge on any atom is 0.124 e. The minimum Gasteiger partial charge on any atom is -0.496 e. The summed E-state index contributed by atoms with van der Waals surface area (Å²) in [5, 5.41) is 4.09. The van der Waals surface area contributed by atoms with Crippen LogP contribution in [0.1, 0.15) is 25.3 Å². The molecule has 0 atom stereocenters. The molecule has 0 amide bonds. The quantitative estimate of drug-likeness (QED) is 0.700. The summed E-state index contributed by atoms with van der Waals surface area (Å²) in [4.78, 5) is 0. The second-order valence-corrected chi connectivity index (χ2v) is 4.47. The third-order valence-corrected chi connectivity index (χ3v) is 2.94. The van der Waals surface area contributed by atoms with E-state index in [0.717, 1.165) is 55.5 Å². The molecule has 102 valence electrons. The predicted molar refractivity (Wildman–Crippen MR) is 75.4 cm³/mol. The van der Waals surface area contributed by atoms with Gasteiger partial charge in [-0.3, -0.25) is 0 Å². The van der Waals surface area contributed by atoms with E-state index < -0.39 is 0 Å². The van der Waals surface area contributed by atoms with Crippen LogP contribution >= 0.6 is 11.6 Å². The molecule has 0 aromatic heterocycles. The number of ether oxygens (including phenoxy) is 2. The zero-order chi connectivity index (χ0) is 13.2. The summed E-state index contributed by atoms with van der Waals surface area (Å²) < 4.78 is 10.7. The first-order chi connectivity index (χ1) is 8.79. The summed E-state index contributed by atoms with van der Waals surface area (Å²) in [7, 11) is 1.66. The Morgan fingerprint density at radius 2 is 2.11 bits per heavy atom. The molecule has 18 heavy (non-hydrogen) atoms. The third kappa shape index (κ3) is 5.25. The molecule has 1 N–H and O–H groups in total. The van der Waals surface area contributed by atoms with Gasteiger partial charge in [-0.2, -0.15) is 0 Å². The summed E-state index contributed by atoms with van der Waals surface area (Å²) in [6, 6.07) is 5.70. The fourth-order valence-electron chi connectivity index (χ4n) is 1.66. The Hall–Kier alpha value is -0.770. The van der Waals surface area contributed by atoms with Gasteiger partial charge in [-0.25, -0.2) is 0 Å². The average molecular weight is 272 g/mol. The maximum atomic E-state index is 6.14. The maximum absolute atomic E-state index is 6.14. The van der Waals surface area contributed by atoms with Crippen LogP contribution in [0.2, 0.25) is 5.02 Å². The molecule has 0 bridgehead atoms. The van der Waals surface area contributed by atoms with Crippen molar-refractivity contribution in [3.63, 3.8) is 0 Å². The van der Waals surface area contributed by atoms with Crippen LogP contribution in [0.3, 0.4) is 0 Å². The molecule has 0 fully saturated rings. The summed E-state index contributed by atoms with van der Waals surface area (Å²) in [5.74, 6) is 0.831. The van der Waals surface area contributed by atoms with Gasteiger partial charge in [0, 0.05) is 30.3 Å². The van der Waals surface area contributed by atoms with Gasteiger partial charge in [0.25, 0.3) is 0 Å². The Labute approximate surface area is 114 Å². The molecular weight excluding hydrogens is 250 g/mol. The Bertz CT molecular complexity index is 345. The van der Waals surface area contributed by atoms with E-state index in [2.05, 4.69) is 12.2 Å². The first kappa shape index (κ1) is 15.3. The Kier molecular flexibility index (Phi) is 7.81. The number of hydrogen-bond donors (Lipinski definition) is 1. The Morgan fingerprint density at radius 1 is 1.28 bits per heavy atom.